The van der Waals surface area contributed by atoms with Crippen LogP contribution in [0.1, 0.15) is 22.5 Å². The minimum Gasteiger partial charge on any atom is -0.398 e. The Balaban J connectivity index is 1.74. The highest BCUT2D eigenvalue weighted by Gasteiger charge is 2.09. The van der Waals surface area contributed by atoms with Gasteiger partial charge in [0.05, 0.1) is 5.52 Å². The van der Waals surface area contributed by atoms with Gasteiger partial charge in [0.25, 0.3) is 0 Å². The van der Waals surface area contributed by atoms with Crippen LogP contribution in [0.3, 0.4) is 0 Å². The van der Waals surface area contributed by atoms with E-state index in [4.69, 9.17) is 5.73 Å². The van der Waals surface area contributed by atoms with E-state index in [0.29, 0.717) is 24.1 Å². The van der Waals surface area contributed by atoms with Gasteiger partial charge in [-0.3, -0.25) is 9.78 Å². The van der Waals surface area contributed by atoms with Gasteiger partial charge in [0.15, 0.2) is 5.78 Å². The minimum atomic E-state index is 0.0584. The van der Waals surface area contributed by atoms with Gasteiger partial charge in [0, 0.05) is 28.8 Å². The molecule has 0 fully saturated rings. The van der Waals surface area contributed by atoms with Crippen LogP contribution in [0.5, 0.6) is 0 Å². The minimum absolute atomic E-state index is 0.0584. The first-order chi connectivity index (χ1) is 10.2. The quantitative estimate of drug-likeness (QED) is 0.584. The average Bonchev–Trinajstić information content (AvgIpc) is 2.53. The van der Waals surface area contributed by atoms with Crippen molar-refractivity contribution in [2.45, 2.75) is 12.8 Å². The lowest BCUT2D eigenvalue weighted by Crippen LogP contribution is -2.05. The van der Waals surface area contributed by atoms with Gasteiger partial charge in [0.2, 0.25) is 0 Å². The number of para-hydroxylation sites is 2. The molecule has 0 bridgehead atoms. The van der Waals surface area contributed by atoms with Crippen LogP contribution in [0.15, 0.2) is 60.7 Å². The molecule has 0 unspecified atom stereocenters. The number of aryl methyl sites for hydroxylation is 1. The van der Waals surface area contributed by atoms with Crippen molar-refractivity contribution in [2.24, 2.45) is 0 Å². The molecular weight excluding hydrogens is 260 g/mol. The molecule has 3 aromatic rings. The molecule has 0 spiro atoms. The van der Waals surface area contributed by atoms with E-state index in [0.717, 1.165) is 16.6 Å². The third-order valence-corrected chi connectivity index (χ3v) is 3.53. The number of hydrogen-bond acceptors (Lipinski definition) is 3. The molecule has 0 aliphatic heterocycles. The zero-order valence-electron chi connectivity index (χ0n) is 11.6. The summed E-state index contributed by atoms with van der Waals surface area (Å²) in [6.45, 7) is 0. The van der Waals surface area contributed by atoms with Crippen LogP contribution in [0.2, 0.25) is 0 Å². The van der Waals surface area contributed by atoms with Crippen molar-refractivity contribution >= 4 is 22.4 Å². The molecule has 2 aromatic carbocycles. The number of hydrogen-bond donors (Lipinski definition) is 1. The molecule has 104 valence electrons. The van der Waals surface area contributed by atoms with Gasteiger partial charge in [-0.25, -0.2) is 0 Å². The molecule has 1 heterocycles. The van der Waals surface area contributed by atoms with Crippen LogP contribution in [-0.4, -0.2) is 10.8 Å². The van der Waals surface area contributed by atoms with Gasteiger partial charge in [0.1, 0.15) is 0 Å². The fourth-order valence-electron chi connectivity index (χ4n) is 2.37. The van der Waals surface area contributed by atoms with E-state index < -0.39 is 0 Å². The fraction of sp³-hybridized carbons (Fsp3) is 0.111. The maximum absolute atomic E-state index is 12.2. The molecule has 0 aliphatic carbocycles. The van der Waals surface area contributed by atoms with E-state index >= 15 is 0 Å². The largest absolute Gasteiger partial charge is 0.398 e. The number of aromatic nitrogens is 1. The van der Waals surface area contributed by atoms with Crippen molar-refractivity contribution in [3.05, 3.63) is 71.9 Å². The molecular formula is C18H16N2O. The molecule has 0 radical (unpaired) electrons. The van der Waals surface area contributed by atoms with Gasteiger partial charge < -0.3 is 5.73 Å². The summed E-state index contributed by atoms with van der Waals surface area (Å²) in [6, 6.07) is 19.2. The number of nitrogen functional groups attached to an aromatic ring is 1. The van der Waals surface area contributed by atoms with Crippen molar-refractivity contribution in [1.82, 2.24) is 4.98 Å². The van der Waals surface area contributed by atoms with E-state index in [9.17, 15) is 4.79 Å². The Morgan fingerprint density at radius 3 is 2.57 bits per heavy atom. The second-order valence-corrected chi connectivity index (χ2v) is 5.01. The van der Waals surface area contributed by atoms with Crippen molar-refractivity contribution < 1.29 is 4.79 Å². The summed E-state index contributed by atoms with van der Waals surface area (Å²) in [4.78, 5) is 16.8. The van der Waals surface area contributed by atoms with Gasteiger partial charge >= 0.3 is 0 Å². The van der Waals surface area contributed by atoms with Crippen molar-refractivity contribution in [2.75, 3.05) is 5.73 Å². The highest BCUT2D eigenvalue weighted by molar-refractivity contribution is 6.00. The number of fused-ring (bicyclic) bond motifs is 1. The van der Waals surface area contributed by atoms with Crippen LogP contribution in [0.25, 0.3) is 10.9 Å². The van der Waals surface area contributed by atoms with E-state index in [-0.39, 0.29) is 5.78 Å². The molecule has 3 heteroatoms. The molecule has 2 N–H and O–H groups in total. The molecule has 21 heavy (non-hydrogen) atoms. The smallest absolute Gasteiger partial charge is 0.165 e. The summed E-state index contributed by atoms with van der Waals surface area (Å²) in [6.07, 6.45) is 1.04. The number of anilines is 1. The average molecular weight is 276 g/mol. The normalized spacial score (nSPS) is 10.7. The predicted octanol–water partition coefficient (Wildman–Crippen LogP) is 3.63. The lowest BCUT2D eigenvalue weighted by Gasteiger charge is -2.05. The van der Waals surface area contributed by atoms with Crippen LogP contribution >= 0.6 is 0 Å². The Kier molecular flexibility index (Phi) is 3.65. The van der Waals surface area contributed by atoms with Gasteiger partial charge in [-0.2, -0.15) is 0 Å². The molecule has 0 atom stereocenters. The number of nitrogens with two attached hydrogens (primary N) is 1. The summed E-state index contributed by atoms with van der Waals surface area (Å²) in [7, 11) is 0. The SMILES string of the molecule is Nc1ccccc1C(=O)CCc1ccc2ccccc2n1. The summed E-state index contributed by atoms with van der Waals surface area (Å²) in [5, 5.41) is 1.11. The number of carbonyl (C=O) groups excluding carboxylic acids is 1. The van der Waals surface area contributed by atoms with Crippen molar-refractivity contribution in [1.29, 1.82) is 0 Å². The van der Waals surface area contributed by atoms with Crippen LogP contribution in [0.4, 0.5) is 5.69 Å². The maximum Gasteiger partial charge on any atom is 0.165 e. The third kappa shape index (κ3) is 2.92. The Morgan fingerprint density at radius 2 is 1.71 bits per heavy atom. The van der Waals surface area contributed by atoms with Crippen LogP contribution in [0, 0.1) is 0 Å². The zero-order valence-corrected chi connectivity index (χ0v) is 11.6. The highest BCUT2D eigenvalue weighted by atomic mass is 16.1. The molecule has 0 saturated carbocycles. The van der Waals surface area contributed by atoms with Gasteiger partial charge in [-0.05, 0) is 30.7 Å². The molecule has 0 saturated heterocycles. The first kappa shape index (κ1) is 13.3. The summed E-state index contributed by atoms with van der Waals surface area (Å²) in [5.41, 5.74) is 8.85. The summed E-state index contributed by atoms with van der Waals surface area (Å²) < 4.78 is 0. The van der Waals surface area contributed by atoms with Gasteiger partial charge in [-0.15, -0.1) is 0 Å². The standard InChI is InChI=1S/C18H16N2O/c19-16-7-3-2-6-15(16)18(21)12-11-14-10-9-13-5-1-4-8-17(13)20-14/h1-10H,11-12,19H2. The van der Waals surface area contributed by atoms with E-state index in [1.807, 2.05) is 48.5 Å². The summed E-state index contributed by atoms with van der Waals surface area (Å²) in [5.74, 6) is 0.0584. The second kappa shape index (κ2) is 5.75. The zero-order chi connectivity index (χ0) is 14.7. The van der Waals surface area contributed by atoms with Gasteiger partial charge in [-0.1, -0.05) is 36.4 Å². The van der Waals surface area contributed by atoms with Crippen molar-refractivity contribution in [3.8, 4) is 0 Å². The Labute approximate surface area is 123 Å². The number of rotatable bonds is 4. The number of nitrogens with zero attached hydrogens (tertiary/aromatic N) is 1. The summed E-state index contributed by atoms with van der Waals surface area (Å²) >= 11 is 0. The fourth-order valence-corrected chi connectivity index (χ4v) is 2.37. The number of ketones is 1. The molecule has 3 nitrogen and oxygen atoms in total. The van der Waals surface area contributed by atoms with Crippen LogP contribution in [-0.2, 0) is 6.42 Å². The highest BCUT2D eigenvalue weighted by Crippen LogP contribution is 2.16. The Hall–Kier alpha value is -2.68. The lowest BCUT2D eigenvalue weighted by atomic mass is 10.0. The first-order valence-electron chi connectivity index (χ1n) is 6.96. The maximum atomic E-state index is 12.2. The molecule has 3 rings (SSSR count). The number of Topliss-reactive ketones (excluding diaryl/α,β-unsaturated/α-hetero) is 1. The molecule has 0 aliphatic rings. The first-order valence-corrected chi connectivity index (χ1v) is 6.96. The van der Waals surface area contributed by atoms with E-state index in [2.05, 4.69) is 4.98 Å². The number of pyridine rings is 1. The molecule has 0 amide bonds. The Bertz CT molecular complexity index is 796. The van der Waals surface area contributed by atoms with E-state index in [1.54, 1.807) is 12.1 Å². The topological polar surface area (TPSA) is 56.0 Å². The molecule has 1 aromatic heterocycles. The van der Waals surface area contributed by atoms with Crippen LogP contribution < -0.4 is 5.73 Å². The van der Waals surface area contributed by atoms with E-state index in [1.165, 1.54) is 0 Å². The predicted molar refractivity (Wildman–Crippen MR) is 85.2 cm³/mol. The third-order valence-electron chi connectivity index (χ3n) is 3.53. The second-order valence-electron chi connectivity index (χ2n) is 5.01. The Morgan fingerprint density at radius 1 is 0.952 bits per heavy atom. The van der Waals surface area contributed by atoms with Crippen molar-refractivity contribution in [3.63, 3.8) is 0 Å². The number of carbonyl (C=O) groups is 1. The lowest BCUT2D eigenvalue weighted by molar-refractivity contribution is 0.0983. The monoisotopic (exact) mass is 276 g/mol. The number of benzene rings is 2.